The van der Waals surface area contributed by atoms with E-state index < -0.39 is 18.0 Å². The maximum absolute atomic E-state index is 11.4. The second-order valence-electron chi connectivity index (χ2n) is 3.57. The number of carboxylic acid groups (broad SMARTS) is 1. The molecule has 0 aromatic heterocycles. The summed E-state index contributed by atoms with van der Waals surface area (Å²) in [7, 11) is 1.49. The number of hydrogen-bond acceptors (Lipinski definition) is 4. The van der Waals surface area contributed by atoms with Crippen molar-refractivity contribution in [1.82, 2.24) is 10.6 Å². The third-order valence-corrected chi connectivity index (χ3v) is 3.14. The van der Waals surface area contributed by atoms with Crippen molar-refractivity contribution in [3.8, 4) is 0 Å². The molecule has 2 amide bonds. The van der Waals surface area contributed by atoms with Crippen LogP contribution >= 0.6 is 11.8 Å². The Morgan fingerprint density at radius 1 is 1.47 bits per heavy atom. The Hall–Kier alpha value is -0.950. The minimum absolute atomic E-state index is 0.247. The number of thioether (sulfide) groups is 1. The zero-order valence-electron chi connectivity index (χ0n) is 10.4. The fraction of sp³-hybridized carbons (Fsp3) is 0.800. The van der Waals surface area contributed by atoms with Crippen molar-refractivity contribution in [1.29, 1.82) is 0 Å². The summed E-state index contributed by atoms with van der Waals surface area (Å²) in [5, 5.41) is 14.2. The Kier molecular flexibility index (Phi) is 8.61. The molecule has 0 aromatic rings. The molecule has 0 aromatic carbocycles. The third kappa shape index (κ3) is 7.87. The van der Waals surface area contributed by atoms with Gasteiger partial charge in [-0.1, -0.05) is 6.92 Å². The first-order chi connectivity index (χ1) is 8.01. The number of carbonyl (C=O) groups excluding carboxylic acids is 1. The highest BCUT2D eigenvalue weighted by Gasteiger charge is 2.19. The molecular weight excluding hydrogens is 244 g/mol. The lowest BCUT2D eigenvalue weighted by atomic mass is 10.2. The number of amides is 2. The van der Waals surface area contributed by atoms with Crippen LogP contribution in [0.1, 0.15) is 13.3 Å². The van der Waals surface area contributed by atoms with Gasteiger partial charge < -0.3 is 20.5 Å². The summed E-state index contributed by atoms with van der Waals surface area (Å²) in [6, 6.07) is -1.38. The fourth-order valence-corrected chi connectivity index (χ4v) is 1.27. The molecule has 6 nitrogen and oxygen atoms in total. The van der Waals surface area contributed by atoms with Gasteiger partial charge in [-0.25, -0.2) is 9.59 Å². The number of ether oxygens (including phenoxy) is 1. The van der Waals surface area contributed by atoms with Gasteiger partial charge in [-0.15, -0.1) is 0 Å². The van der Waals surface area contributed by atoms with Gasteiger partial charge in [0.15, 0.2) is 0 Å². The molecule has 100 valence electrons. The molecule has 2 atom stereocenters. The zero-order chi connectivity index (χ0) is 13.3. The van der Waals surface area contributed by atoms with Crippen LogP contribution < -0.4 is 10.6 Å². The van der Waals surface area contributed by atoms with Crippen molar-refractivity contribution in [3.63, 3.8) is 0 Å². The van der Waals surface area contributed by atoms with Crippen molar-refractivity contribution >= 4 is 23.8 Å². The number of aliphatic carboxylic acids is 1. The first kappa shape index (κ1) is 16.1. The van der Waals surface area contributed by atoms with Gasteiger partial charge in [0.2, 0.25) is 0 Å². The van der Waals surface area contributed by atoms with Crippen LogP contribution in [0, 0.1) is 0 Å². The van der Waals surface area contributed by atoms with E-state index in [0.717, 1.165) is 0 Å². The molecule has 0 aliphatic heterocycles. The quantitative estimate of drug-likeness (QED) is 0.595. The van der Waals surface area contributed by atoms with Crippen LogP contribution in [0.3, 0.4) is 0 Å². The second-order valence-corrected chi connectivity index (χ2v) is 4.85. The highest BCUT2D eigenvalue weighted by molar-refractivity contribution is 7.99. The van der Waals surface area contributed by atoms with Crippen LogP contribution in [0.25, 0.3) is 0 Å². The van der Waals surface area contributed by atoms with Crippen molar-refractivity contribution in [3.05, 3.63) is 0 Å². The maximum atomic E-state index is 11.4. The van der Waals surface area contributed by atoms with Crippen molar-refractivity contribution < 1.29 is 19.4 Å². The fourth-order valence-electron chi connectivity index (χ4n) is 1.02. The van der Waals surface area contributed by atoms with E-state index in [1.165, 1.54) is 7.11 Å². The summed E-state index contributed by atoms with van der Waals surface area (Å²) in [5.41, 5.74) is 0. The van der Waals surface area contributed by atoms with Gasteiger partial charge in [0.05, 0.1) is 0 Å². The lowest BCUT2D eigenvalue weighted by Gasteiger charge is -2.16. The van der Waals surface area contributed by atoms with Crippen LogP contribution in [0.4, 0.5) is 4.79 Å². The zero-order valence-corrected chi connectivity index (χ0v) is 11.2. The maximum Gasteiger partial charge on any atom is 0.326 e. The summed E-state index contributed by atoms with van der Waals surface area (Å²) >= 11 is 1.63. The molecule has 0 fully saturated rings. The Balaban J connectivity index is 3.99. The van der Waals surface area contributed by atoms with Crippen LogP contribution in [-0.4, -0.2) is 54.9 Å². The van der Waals surface area contributed by atoms with Gasteiger partial charge in [0, 0.05) is 31.9 Å². The molecule has 2 unspecified atom stereocenters. The molecule has 0 rings (SSSR count). The van der Waals surface area contributed by atoms with E-state index >= 15 is 0 Å². The standard InChI is InChI=1S/C10H20N2O4S/c1-7(17-3)6-11-10(15)12-8(9(13)14)4-5-16-2/h7-8H,4-6H2,1-3H3,(H,13,14)(H2,11,12,15). The molecule has 0 bridgehead atoms. The molecule has 17 heavy (non-hydrogen) atoms. The number of nitrogens with one attached hydrogen (secondary N) is 2. The van der Waals surface area contributed by atoms with E-state index in [9.17, 15) is 9.59 Å². The lowest BCUT2D eigenvalue weighted by Crippen LogP contribution is -2.47. The monoisotopic (exact) mass is 264 g/mol. The van der Waals surface area contributed by atoms with Crippen LogP contribution in [0.2, 0.25) is 0 Å². The van der Waals surface area contributed by atoms with Crippen molar-refractivity contribution in [2.45, 2.75) is 24.6 Å². The number of urea groups is 1. The Labute approximate surface area is 105 Å². The molecule has 3 N–H and O–H groups in total. The van der Waals surface area contributed by atoms with Crippen LogP contribution in [0.5, 0.6) is 0 Å². The smallest absolute Gasteiger partial charge is 0.326 e. The molecule has 0 aliphatic rings. The molecule has 0 spiro atoms. The van der Waals surface area contributed by atoms with Crippen molar-refractivity contribution in [2.75, 3.05) is 26.5 Å². The minimum atomic E-state index is -1.06. The summed E-state index contributed by atoms with van der Waals surface area (Å²) in [5.74, 6) is -1.06. The molecular formula is C10H20N2O4S. The summed E-state index contributed by atoms with van der Waals surface area (Å²) in [6.45, 7) is 2.77. The van der Waals surface area contributed by atoms with Gasteiger partial charge in [0.1, 0.15) is 6.04 Å². The largest absolute Gasteiger partial charge is 0.480 e. The average molecular weight is 264 g/mol. The Bertz CT molecular complexity index is 250. The Morgan fingerprint density at radius 2 is 2.12 bits per heavy atom. The highest BCUT2D eigenvalue weighted by Crippen LogP contribution is 2.02. The third-order valence-electron chi connectivity index (χ3n) is 2.17. The number of methoxy groups -OCH3 is 1. The number of carbonyl (C=O) groups is 2. The van der Waals surface area contributed by atoms with E-state index in [2.05, 4.69) is 10.6 Å². The molecule has 0 radical (unpaired) electrons. The summed E-state index contributed by atoms with van der Waals surface area (Å²) in [6.07, 6.45) is 2.19. The minimum Gasteiger partial charge on any atom is -0.480 e. The van der Waals surface area contributed by atoms with Gasteiger partial charge in [-0.05, 0) is 6.26 Å². The van der Waals surface area contributed by atoms with Crippen LogP contribution in [-0.2, 0) is 9.53 Å². The van der Waals surface area contributed by atoms with Gasteiger partial charge in [-0.2, -0.15) is 11.8 Å². The first-order valence-corrected chi connectivity index (χ1v) is 6.59. The second kappa shape index (κ2) is 9.12. The number of rotatable bonds is 8. The van der Waals surface area contributed by atoms with E-state index in [1.807, 2.05) is 13.2 Å². The summed E-state index contributed by atoms with van der Waals surface area (Å²) < 4.78 is 4.78. The van der Waals surface area contributed by atoms with Gasteiger partial charge >= 0.3 is 12.0 Å². The van der Waals surface area contributed by atoms with E-state index in [4.69, 9.17) is 9.84 Å². The van der Waals surface area contributed by atoms with Crippen molar-refractivity contribution in [2.24, 2.45) is 0 Å². The molecule has 0 heterocycles. The normalized spacial score (nSPS) is 13.8. The van der Waals surface area contributed by atoms with E-state index in [0.29, 0.717) is 18.4 Å². The van der Waals surface area contributed by atoms with E-state index in [-0.39, 0.29) is 6.42 Å². The number of carboxylic acids is 1. The van der Waals surface area contributed by atoms with Crippen LogP contribution in [0.15, 0.2) is 0 Å². The summed E-state index contributed by atoms with van der Waals surface area (Å²) in [4.78, 5) is 22.2. The average Bonchev–Trinajstić information content (AvgIpc) is 2.30. The Morgan fingerprint density at radius 3 is 2.59 bits per heavy atom. The molecule has 0 saturated heterocycles. The lowest BCUT2D eigenvalue weighted by molar-refractivity contribution is -0.139. The predicted octanol–water partition coefficient (Wildman–Crippen LogP) is 0.527. The van der Waals surface area contributed by atoms with Gasteiger partial charge in [-0.3, -0.25) is 0 Å². The topological polar surface area (TPSA) is 87.7 Å². The molecule has 7 heteroatoms. The molecule has 0 aliphatic carbocycles. The highest BCUT2D eigenvalue weighted by atomic mass is 32.2. The first-order valence-electron chi connectivity index (χ1n) is 5.30. The molecule has 0 saturated carbocycles. The predicted molar refractivity (Wildman–Crippen MR) is 67.4 cm³/mol. The number of hydrogen-bond donors (Lipinski definition) is 3. The van der Waals surface area contributed by atoms with E-state index in [1.54, 1.807) is 11.8 Å². The SMILES string of the molecule is COCCC(NC(=O)NCC(C)SC)C(=O)O. The van der Waals surface area contributed by atoms with Gasteiger partial charge in [0.25, 0.3) is 0 Å².